The van der Waals surface area contributed by atoms with Crippen molar-refractivity contribution in [2.75, 3.05) is 16.0 Å². The van der Waals surface area contributed by atoms with E-state index in [-0.39, 0.29) is 5.91 Å². The van der Waals surface area contributed by atoms with Gasteiger partial charge >= 0.3 is 0 Å². The molecule has 35 heavy (non-hydrogen) atoms. The number of nitrogens with zero attached hydrogens (tertiary/aromatic N) is 2. The third-order valence-electron chi connectivity index (χ3n) is 5.73. The Morgan fingerprint density at radius 2 is 1.37 bits per heavy atom. The van der Waals surface area contributed by atoms with Crippen LogP contribution in [0.4, 0.5) is 28.4 Å². The molecule has 0 saturated carbocycles. The van der Waals surface area contributed by atoms with Crippen LogP contribution >= 0.6 is 0 Å². The molecule has 0 bridgehead atoms. The molecule has 2 aromatic heterocycles. The van der Waals surface area contributed by atoms with Crippen molar-refractivity contribution < 1.29 is 9.36 Å². The lowest BCUT2D eigenvalue weighted by Crippen LogP contribution is -2.25. The number of aryl methyl sites for hydroxylation is 2. The molecule has 0 atom stereocenters. The fourth-order valence-electron chi connectivity index (χ4n) is 3.82. The van der Waals surface area contributed by atoms with Crippen LogP contribution < -0.4 is 20.5 Å². The summed E-state index contributed by atoms with van der Waals surface area (Å²) in [6.07, 6.45) is 5.76. The molecule has 0 aliphatic carbocycles. The number of hydrogen-bond acceptors (Lipinski definition) is 4. The molecule has 1 amide bonds. The van der Waals surface area contributed by atoms with Gasteiger partial charge in [-0.05, 0) is 73.2 Å². The normalized spacial score (nSPS) is 10.7. The summed E-state index contributed by atoms with van der Waals surface area (Å²) in [5.74, 6) is -0.153. The van der Waals surface area contributed by atoms with Gasteiger partial charge in [-0.25, -0.2) is 4.57 Å². The summed E-state index contributed by atoms with van der Waals surface area (Å²) < 4.78 is 1.98. The van der Waals surface area contributed by atoms with Gasteiger partial charge < -0.3 is 16.0 Å². The monoisotopic (exact) mass is 460 g/mol. The van der Waals surface area contributed by atoms with Crippen LogP contribution in [0.15, 0.2) is 104 Å². The number of aromatic nitrogens is 2. The van der Waals surface area contributed by atoms with E-state index in [4.69, 9.17) is 0 Å². The average Bonchev–Trinajstić information content (AvgIpc) is 2.87. The lowest BCUT2D eigenvalue weighted by Gasteiger charge is -2.11. The van der Waals surface area contributed by atoms with Crippen LogP contribution in [-0.2, 0) is 7.05 Å². The predicted octanol–water partition coefficient (Wildman–Crippen LogP) is 6.11. The summed E-state index contributed by atoms with van der Waals surface area (Å²) in [5.41, 5.74) is 7.29. The van der Waals surface area contributed by atoms with Crippen LogP contribution in [0.2, 0.25) is 0 Å². The first-order chi connectivity index (χ1) is 17.0. The Balaban J connectivity index is 1.22. The second kappa shape index (κ2) is 9.65. The van der Waals surface area contributed by atoms with E-state index in [1.165, 1.54) is 5.56 Å². The van der Waals surface area contributed by atoms with E-state index in [1.807, 2.05) is 90.7 Å². The quantitative estimate of drug-likeness (QED) is 0.268. The number of nitrogens with one attached hydrogen (secondary N) is 3. The molecule has 0 radical (unpaired) electrons. The second-order valence-electron chi connectivity index (χ2n) is 8.49. The van der Waals surface area contributed by atoms with Gasteiger partial charge in [-0.2, -0.15) is 0 Å². The molecule has 0 spiro atoms. The average molecular weight is 461 g/mol. The number of pyridine rings is 2. The van der Waals surface area contributed by atoms with Crippen LogP contribution in [0.5, 0.6) is 0 Å². The van der Waals surface area contributed by atoms with Gasteiger partial charge in [-0.15, -0.1) is 0 Å². The maximum absolute atomic E-state index is 12.7. The van der Waals surface area contributed by atoms with E-state index in [1.54, 1.807) is 6.20 Å². The highest BCUT2D eigenvalue weighted by Gasteiger charge is 2.08. The van der Waals surface area contributed by atoms with E-state index in [0.717, 1.165) is 39.3 Å². The highest BCUT2D eigenvalue weighted by atomic mass is 16.1. The van der Waals surface area contributed by atoms with Gasteiger partial charge in [-0.1, -0.05) is 12.1 Å². The minimum atomic E-state index is -0.153. The number of carbonyl (C=O) groups excluding carboxylic acids is 1. The molecule has 6 heteroatoms. The minimum Gasteiger partial charge on any atom is -0.355 e. The first-order valence-corrected chi connectivity index (χ1v) is 11.4. The van der Waals surface area contributed by atoms with Crippen molar-refractivity contribution in [1.82, 2.24) is 4.98 Å². The fourth-order valence-corrected chi connectivity index (χ4v) is 3.82. The van der Waals surface area contributed by atoms with Gasteiger partial charge in [0.15, 0.2) is 12.4 Å². The molecule has 5 rings (SSSR count). The Kier molecular flexibility index (Phi) is 6.09. The lowest BCUT2D eigenvalue weighted by atomic mass is 10.1. The van der Waals surface area contributed by atoms with Gasteiger partial charge in [0.05, 0.1) is 11.2 Å². The molecule has 6 nitrogen and oxygen atoms in total. The van der Waals surface area contributed by atoms with Gasteiger partial charge in [0.1, 0.15) is 7.05 Å². The van der Waals surface area contributed by atoms with Gasteiger partial charge in [0.2, 0.25) is 0 Å². The number of carbonyl (C=O) groups is 1. The Labute approximate surface area is 204 Å². The summed E-state index contributed by atoms with van der Waals surface area (Å²) in [5, 5.41) is 10.8. The van der Waals surface area contributed by atoms with Crippen LogP contribution in [0.25, 0.3) is 10.9 Å². The highest BCUT2D eigenvalue weighted by Crippen LogP contribution is 2.26. The highest BCUT2D eigenvalue weighted by molar-refractivity contribution is 6.04. The molecule has 0 unspecified atom stereocenters. The topological polar surface area (TPSA) is 69.9 Å². The number of anilines is 5. The summed E-state index contributed by atoms with van der Waals surface area (Å²) in [6.45, 7) is 2.06. The van der Waals surface area contributed by atoms with E-state index >= 15 is 0 Å². The first kappa shape index (κ1) is 22.1. The molecule has 3 N–H and O–H groups in total. The van der Waals surface area contributed by atoms with E-state index in [9.17, 15) is 4.79 Å². The van der Waals surface area contributed by atoms with Crippen molar-refractivity contribution in [3.8, 4) is 0 Å². The van der Waals surface area contributed by atoms with Crippen molar-refractivity contribution in [2.24, 2.45) is 7.05 Å². The Morgan fingerprint density at radius 1 is 0.743 bits per heavy atom. The van der Waals surface area contributed by atoms with Crippen molar-refractivity contribution in [3.05, 3.63) is 115 Å². The van der Waals surface area contributed by atoms with E-state index in [2.05, 4.69) is 46.1 Å². The van der Waals surface area contributed by atoms with E-state index < -0.39 is 0 Å². The number of rotatable bonds is 6. The maximum Gasteiger partial charge on any atom is 0.255 e. The van der Waals surface area contributed by atoms with Crippen LogP contribution in [0.1, 0.15) is 15.9 Å². The van der Waals surface area contributed by atoms with Gasteiger partial charge in [0, 0.05) is 52.0 Å². The molecule has 5 aromatic rings. The van der Waals surface area contributed by atoms with E-state index in [0.29, 0.717) is 5.56 Å². The maximum atomic E-state index is 12.7. The third-order valence-corrected chi connectivity index (χ3v) is 5.73. The second-order valence-corrected chi connectivity index (χ2v) is 8.49. The molecule has 3 aromatic carbocycles. The SMILES string of the molecule is Cc1ccc2c(Nc3ccc(NC(=O)c4ccc(Nc5cc[n+](C)cc5)cc4)cc3)ccnc2c1. The molecule has 172 valence electrons. The molecule has 0 saturated heterocycles. The molecule has 0 fully saturated rings. The van der Waals surface area contributed by atoms with Crippen molar-refractivity contribution in [3.63, 3.8) is 0 Å². The summed E-state index contributed by atoms with van der Waals surface area (Å²) in [6, 6.07) is 27.3. The zero-order chi connectivity index (χ0) is 24.2. The van der Waals surface area contributed by atoms with Gasteiger partial charge in [-0.3, -0.25) is 9.78 Å². The summed E-state index contributed by atoms with van der Waals surface area (Å²) >= 11 is 0. The lowest BCUT2D eigenvalue weighted by molar-refractivity contribution is -0.671. The van der Waals surface area contributed by atoms with Crippen molar-refractivity contribution in [2.45, 2.75) is 6.92 Å². The Hall–Kier alpha value is -4.71. The molecular formula is C29H26N5O+. The first-order valence-electron chi connectivity index (χ1n) is 11.4. The van der Waals surface area contributed by atoms with Gasteiger partial charge in [0.25, 0.3) is 5.91 Å². The smallest absolute Gasteiger partial charge is 0.255 e. The van der Waals surface area contributed by atoms with Crippen LogP contribution in [0, 0.1) is 6.92 Å². The largest absolute Gasteiger partial charge is 0.355 e. The predicted molar refractivity (Wildman–Crippen MR) is 142 cm³/mol. The molecule has 0 aliphatic rings. The number of hydrogen-bond donors (Lipinski definition) is 3. The zero-order valence-corrected chi connectivity index (χ0v) is 19.6. The molecule has 2 heterocycles. The Bertz CT molecular complexity index is 1480. The van der Waals surface area contributed by atoms with Crippen LogP contribution in [-0.4, -0.2) is 10.9 Å². The fraction of sp³-hybridized carbons (Fsp3) is 0.0690. The molecule has 0 aliphatic heterocycles. The van der Waals surface area contributed by atoms with Crippen molar-refractivity contribution >= 4 is 45.2 Å². The number of amides is 1. The third kappa shape index (κ3) is 5.28. The summed E-state index contributed by atoms with van der Waals surface area (Å²) in [4.78, 5) is 17.2. The number of fused-ring (bicyclic) bond motifs is 1. The minimum absolute atomic E-state index is 0.153. The van der Waals surface area contributed by atoms with Crippen LogP contribution in [0.3, 0.4) is 0 Å². The standard InChI is InChI=1S/C29H25N5O/c1-20-3-12-26-27(13-16-30-28(26)19-20)32-23-8-10-24(11-9-23)33-29(35)21-4-6-22(7-5-21)31-25-14-17-34(2)18-15-25/h3-19H,1-2H3,(H2,30,32,33,35)/p+1. The zero-order valence-electron chi connectivity index (χ0n) is 19.6. The Morgan fingerprint density at radius 3 is 2.11 bits per heavy atom. The molecular weight excluding hydrogens is 434 g/mol. The van der Waals surface area contributed by atoms with Crippen molar-refractivity contribution in [1.29, 1.82) is 0 Å². The summed E-state index contributed by atoms with van der Waals surface area (Å²) in [7, 11) is 1.98. The number of benzene rings is 3.